The molecule has 1 heterocycles. The largest absolute Gasteiger partial charge is 0.480 e. The number of benzene rings is 1. The van der Waals surface area contributed by atoms with E-state index in [1.807, 2.05) is 0 Å². The molecule has 0 aliphatic carbocycles. The lowest BCUT2D eigenvalue weighted by atomic mass is 10.0. The van der Waals surface area contributed by atoms with Crippen molar-refractivity contribution in [1.29, 1.82) is 0 Å². The Kier molecular flexibility index (Phi) is 9.51. The maximum absolute atomic E-state index is 12.7. The number of aromatic nitrogens is 2. The van der Waals surface area contributed by atoms with Crippen molar-refractivity contribution < 1.29 is 29.4 Å². The number of amides is 3. The van der Waals surface area contributed by atoms with Gasteiger partial charge in [0, 0.05) is 24.7 Å². The fourth-order valence-corrected chi connectivity index (χ4v) is 2.90. The Balaban J connectivity index is 1.99. The molecule has 178 valence electrons. The van der Waals surface area contributed by atoms with E-state index in [-0.39, 0.29) is 12.8 Å². The van der Waals surface area contributed by atoms with Gasteiger partial charge in [0.1, 0.15) is 18.1 Å². The zero-order chi connectivity index (χ0) is 24.4. The Morgan fingerprint density at radius 2 is 1.76 bits per heavy atom. The zero-order valence-electron chi connectivity index (χ0n) is 18.0. The number of H-pyrrole nitrogens is 1. The molecule has 0 bridgehead atoms. The van der Waals surface area contributed by atoms with Crippen LogP contribution in [0.15, 0.2) is 42.9 Å². The van der Waals surface area contributed by atoms with Gasteiger partial charge in [0.25, 0.3) is 0 Å². The molecule has 0 radical (unpaired) electrons. The summed E-state index contributed by atoms with van der Waals surface area (Å²) >= 11 is 0. The van der Waals surface area contributed by atoms with Crippen LogP contribution in [0.5, 0.6) is 0 Å². The molecule has 1 aromatic heterocycles. The number of nitrogens with one attached hydrogen (secondary N) is 4. The van der Waals surface area contributed by atoms with Gasteiger partial charge < -0.3 is 36.9 Å². The fourth-order valence-electron chi connectivity index (χ4n) is 2.90. The monoisotopic (exact) mass is 460 g/mol. The number of hydrogen-bond acceptors (Lipinski definition) is 7. The number of hydrogen-bond donors (Lipinski definition) is 7. The normalized spacial score (nSPS) is 14.4. The molecule has 1 aromatic carbocycles. The highest BCUT2D eigenvalue weighted by molar-refractivity contribution is 5.92. The lowest BCUT2D eigenvalue weighted by Gasteiger charge is -2.22. The van der Waals surface area contributed by atoms with Crippen LogP contribution in [0.2, 0.25) is 0 Å². The quantitative estimate of drug-likeness (QED) is 0.190. The average Bonchev–Trinajstić information content (AvgIpc) is 3.29. The number of nitrogens with zero attached hydrogens (tertiary/aromatic N) is 1. The van der Waals surface area contributed by atoms with Crippen LogP contribution in [-0.2, 0) is 32.0 Å². The van der Waals surface area contributed by atoms with Crippen LogP contribution in [0.3, 0.4) is 0 Å². The smallest absolute Gasteiger partial charge is 0.326 e. The van der Waals surface area contributed by atoms with E-state index in [1.165, 1.54) is 19.4 Å². The number of aromatic amines is 1. The van der Waals surface area contributed by atoms with Crippen molar-refractivity contribution in [3.8, 4) is 0 Å². The zero-order valence-corrected chi connectivity index (χ0v) is 18.0. The topological polar surface area (TPSA) is 200 Å². The Labute approximate surface area is 190 Å². The molecular formula is C21H28N6O6. The number of aliphatic hydroxyl groups excluding tert-OH is 1. The summed E-state index contributed by atoms with van der Waals surface area (Å²) in [4.78, 5) is 55.2. The van der Waals surface area contributed by atoms with Crippen LogP contribution in [0.1, 0.15) is 18.2 Å². The summed E-state index contributed by atoms with van der Waals surface area (Å²) in [7, 11) is 0. The molecule has 33 heavy (non-hydrogen) atoms. The maximum atomic E-state index is 12.7. The van der Waals surface area contributed by atoms with Crippen LogP contribution >= 0.6 is 0 Å². The minimum absolute atomic E-state index is 0.0149. The third kappa shape index (κ3) is 8.35. The van der Waals surface area contributed by atoms with Crippen molar-refractivity contribution in [3.05, 3.63) is 54.1 Å². The fraction of sp³-hybridized carbons (Fsp3) is 0.381. The van der Waals surface area contributed by atoms with Gasteiger partial charge in [-0.25, -0.2) is 9.78 Å². The summed E-state index contributed by atoms with van der Waals surface area (Å²) in [6.07, 6.45) is 1.81. The second-order valence-corrected chi connectivity index (χ2v) is 7.47. The average molecular weight is 460 g/mol. The van der Waals surface area contributed by atoms with Gasteiger partial charge in [0.05, 0.1) is 19.0 Å². The van der Waals surface area contributed by atoms with Crippen molar-refractivity contribution in [3.63, 3.8) is 0 Å². The number of aliphatic carboxylic acids is 1. The summed E-state index contributed by atoms with van der Waals surface area (Å²) in [5.74, 6) is -3.36. The van der Waals surface area contributed by atoms with Crippen LogP contribution in [0.25, 0.3) is 0 Å². The number of carbonyl (C=O) groups is 4. The number of rotatable bonds is 12. The number of imidazole rings is 1. The van der Waals surface area contributed by atoms with Gasteiger partial charge >= 0.3 is 5.97 Å². The van der Waals surface area contributed by atoms with Gasteiger partial charge in [0.15, 0.2) is 0 Å². The van der Waals surface area contributed by atoms with Crippen LogP contribution < -0.4 is 21.7 Å². The van der Waals surface area contributed by atoms with Gasteiger partial charge in [-0.3, -0.25) is 14.4 Å². The van der Waals surface area contributed by atoms with E-state index < -0.39 is 54.5 Å². The maximum Gasteiger partial charge on any atom is 0.326 e. The number of aliphatic hydroxyl groups is 1. The second-order valence-electron chi connectivity index (χ2n) is 7.47. The molecule has 0 saturated heterocycles. The Bertz CT molecular complexity index is 934. The van der Waals surface area contributed by atoms with E-state index in [4.69, 9.17) is 5.73 Å². The minimum Gasteiger partial charge on any atom is -0.480 e. The highest BCUT2D eigenvalue weighted by Gasteiger charge is 2.27. The van der Waals surface area contributed by atoms with E-state index in [1.54, 1.807) is 30.3 Å². The van der Waals surface area contributed by atoms with Crippen molar-refractivity contribution in [2.24, 2.45) is 5.73 Å². The predicted octanol–water partition coefficient (Wildman–Crippen LogP) is -1.93. The molecule has 0 saturated carbocycles. The molecular weight excluding hydrogens is 432 g/mol. The summed E-state index contributed by atoms with van der Waals surface area (Å²) in [5.41, 5.74) is 6.91. The third-order valence-corrected chi connectivity index (χ3v) is 4.77. The molecule has 12 nitrogen and oxygen atoms in total. The predicted molar refractivity (Wildman–Crippen MR) is 117 cm³/mol. The molecule has 0 aliphatic heterocycles. The lowest BCUT2D eigenvalue weighted by molar-refractivity contribution is -0.141. The third-order valence-electron chi connectivity index (χ3n) is 4.77. The molecule has 12 heteroatoms. The lowest BCUT2D eigenvalue weighted by Crippen LogP contribution is -2.56. The molecule has 3 amide bonds. The Morgan fingerprint density at radius 3 is 2.33 bits per heavy atom. The number of carboxylic acid groups (broad SMARTS) is 1. The van der Waals surface area contributed by atoms with Crippen LogP contribution in [0.4, 0.5) is 0 Å². The van der Waals surface area contributed by atoms with Crippen LogP contribution in [0, 0.1) is 0 Å². The van der Waals surface area contributed by atoms with E-state index in [0.717, 1.165) is 5.56 Å². The summed E-state index contributed by atoms with van der Waals surface area (Å²) in [6, 6.07) is 5.34. The first-order chi connectivity index (χ1) is 15.7. The van der Waals surface area contributed by atoms with Gasteiger partial charge in [-0.2, -0.15) is 0 Å². The first-order valence-corrected chi connectivity index (χ1v) is 10.2. The number of carbonyl (C=O) groups excluding carboxylic acids is 3. The Hall–Kier alpha value is -3.77. The minimum atomic E-state index is -1.24. The highest BCUT2D eigenvalue weighted by atomic mass is 16.4. The summed E-state index contributed by atoms with van der Waals surface area (Å²) in [5, 5.41) is 26.1. The molecule has 4 unspecified atom stereocenters. The SMILES string of the molecule is CC(O)C(N)C(=O)NC(Cc1ccccc1)C(=O)NCC(=O)NC(Cc1cnc[nH]1)C(=O)O. The van der Waals surface area contributed by atoms with E-state index in [0.29, 0.717) is 5.69 Å². The van der Waals surface area contributed by atoms with Crippen LogP contribution in [-0.4, -0.2) is 74.6 Å². The van der Waals surface area contributed by atoms with Gasteiger partial charge in [-0.05, 0) is 12.5 Å². The molecule has 2 aromatic rings. The van der Waals surface area contributed by atoms with E-state index in [2.05, 4.69) is 25.9 Å². The molecule has 0 aliphatic rings. The van der Waals surface area contributed by atoms with E-state index >= 15 is 0 Å². The second kappa shape index (κ2) is 12.3. The van der Waals surface area contributed by atoms with Gasteiger partial charge in [-0.1, -0.05) is 30.3 Å². The first-order valence-electron chi connectivity index (χ1n) is 10.2. The molecule has 8 N–H and O–H groups in total. The van der Waals surface area contributed by atoms with Gasteiger partial charge in [-0.15, -0.1) is 0 Å². The molecule has 4 atom stereocenters. The van der Waals surface area contributed by atoms with Gasteiger partial charge in [0.2, 0.25) is 17.7 Å². The van der Waals surface area contributed by atoms with Crippen molar-refractivity contribution in [2.45, 2.75) is 44.0 Å². The number of carboxylic acids is 1. The number of nitrogens with two attached hydrogens (primary N) is 1. The Morgan fingerprint density at radius 1 is 1.06 bits per heavy atom. The molecule has 2 rings (SSSR count). The highest BCUT2D eigenvalue weighted by Crippen LogP contribution is 2.05. The summed E-state index contributed by atoms with van der Waals surface area (Å²) in [6.45, 7) is 0.845. The van der Waals surface area contributed by atoms with E-state index in [9.17, 15) is 29.4 Å². The standard InChI is InChI=1S/C21H28N6O6/c1-12(28)18(22)20(31)27-15(7-13-5-3-2-4-6-13)19(30)24-10-17(29)26-16(21(32)33)8-14-9-23-11-25-14/h2-6,9,11-12,15-16,18,28H,7-8,10,22H2,1H3,(H,23,25)(H,24,30)(H,26,29)(H,27,31)(H,32,33). The van der Waals surface area contributed by atoms with Crippen molar-refractivity contribution in [1.82, 2.24) is 25.9 Å². The molecule has 0 spiro atoms. The first kappa shape index (κ1) is 25.5. The molecule has 0 fully saturated rings. The van der Waals surface area contributed by atoms with Crippen molar-refractivity contribution >= 4 is 23.7 Å². The van der Waals surface area contributed by atoms with Crippen molar-refractivity contribution in [2.75, 3.05) is 6.54 Å². The summed E-state index contributed by atoms with van der Waals surface area (Å²) < 4.78 is 0.